The second kappa shape index (κ2) is 5.49. The molecule has 0 aliphatic carbocycles. The highest BCUT2D eigenvalue weighted by molar-refractivity contribution is 9.10. The molecule has 94 valence electrons. The van der Waals surface area contributed by atoms with Gasteiger partial charge < -0.3 is 4.74 Å². The van der Waals surface area contributed by atoms with Crippen LogP contribution in [0.1, 0.15) is 33.0 Å². The van der Waals surface area contributed by atoms with E-state index in [1.54, 1.807) is 12.3 Å². The largest absolute Gasteiger partial charge is 0.443 e. The smallest absolute Gasteiger partial charge is 0.420 e. The van der Waals surface area contributed by atoms with E-state index in [9.17, 15) is 4.79 Å². The van der Waals surface area contributed by atoms with Crippen LogP contribution in [-0.4, -0.2) is 21.2 Å². The molecule has 0 aliphatic heterocycles. The van der Waals surface area contributed by atoms with E-state index in [2.05, 4.69) is 27.5 Å². The summed E-state index contributed by atoms with van der Waals surface area (Å²) in [6.45, 7) is 9.15. The van der Waals surface area contributed by atoms with Crippen molar-refractivity contribution in [1.29, 1.82) is 0 Å². The van der Waals surface area contributed by atoms with Gasteiger partial charge in [-0.25, -0.2) is 14.3 Å². The summed E-state index contributed by atoms with van der Waals surface area (Å²) in [7, 11) is 0. The number of nitrogens with zero attached hydrogens (tertiary/aromatic N) is 2. The molecule has 0 amide bonds. The Morgan fingerprint density at radius 1 is 1.65 bits per heavy atom. The van der Waals surface area contributed by atoms with Crippen LogP contribution in [0.15, 0.2) is 23.5 Å². The molecule has 1 rings (SSSR count). The lowest BCUT2D eigenvalue weighted by Gasteiger charge is -2.19. The first-order valence-corrected chi connectivity index (χ1v) is 6.21. The van der Waals surface area contributed by atoms with Crippen LogP contribution in [0.3, 0.4) is 0 Å². The first-order chi connectivity index (χ1) is 7.83. The van der Waals surface area contributed by atoms with E-state index in [1.165, 1.54) is 4.57 Å². The van der Waals surface area contributed by atoms with E-state index in [0.717, 1.165) is 6.42 Å². The van der Waals surface area contributed by atoms with Gasteiger partial charge in [-0.05, 0) is 43.1 Å². The van der Waals surface area contributed by atoms with Gasteiger partial charge in [0.05, 0.1) is 0 Å². The molecule has 0 aliphatic rings. The summed E-state index contributed by atoms with van der Waals surface area (Å²) >= 11 is 3.26. The molecular formula is C12H17BrN2O2. The van der Waals surface area contributed by atoms with Crippen LogP contribution >= 0.6 is 15.9 Å². The van der Waals surface area contributed by atoms with E-state index >= 15 is 0 Å². The molecule has 0 unspecified atom stereocenters. The lowest BCUT2D eigenvalue weighted by Crippen LogP contribution is -2.27. The van der Waals surface area contributed by atoms with Gasteiger partial charge in [-0.1, -0.05) is 6.08 Å². The van der Waals surface area contributed by atoms with Gasteiger partial charge in [0.25, 0.3) is 0 Å². The lowest BCUT2D eigenvalue weighted by atomic mass is 10.2. The quantitative estimate of drug-likeness (QED) is 0.802. The number of aryl methyl sites for hydroxylation is 1. The number of rotatable bonds is 3. The van der Waals surface area contributed by atoms with Gasteiger partial charge in [-0.15, -0.1) is 6.58 Å². The molecule has 1 aromatic heterocycles. The molecule has 4 nitrogen and oxygen atoms in total. The Kier molecular flexibility index (Phi) is 4.51. The van der Waals surface area contributed by atoms with Crippen LogP contribution < -0.4 is 0 Å². The Morgan fingerprint density at radius 3 is 2.82 bits per heavy atom. The van der Waals surface area contributed by atoms with Crippen molar-refractivity contribution in [3.63, 3.8) is 0 Å². The first-order valence-electron chi connectivity index (χ1n) is 5.41. The van der Waals surface area contributed by atoms with Crippen molar-refractivity contribution in [3.8, 4) is 0 Å². The average molecular weight is 301 g/mol. The van der Waals surface area contributed by atoms with Gasteiger partial charge in [0.2, 0.25) is 0 Å². The Balaban J connectivity index is 2.88. The van der Waals surface area contributed by atoms with Crippen molar-refractivity contribution in [2.24, 2.45) is 0 Å². The minimum atomic E-state index is -0.510. The fourth-order valence-corrected chi connectivity index (χ4v) is 1.67. The summed E-state index contributed by atoms with van der Waals surface area (Å²) in [6.07, 6.45) is 4.43. The highest BCUT2D eigenvalue weighted by Gasteiger charge is 2.20. The van der Waals surface area contributed by atoms with Gasteiger partial charge in [0.1, 0.15) is 16.0 Å². The van der Waals surface area contributed by atoms with Gasteiger partial charge in [0, 0.05) is 12.6 Å². The molecular weight excluding hydrogens is 284 g/mol. The number of carbonyl (C=O) groups excluding carboxylic acids is 1. The maximum absolute atomic E-state index is 11.9. The number of ether oxygens (including phenoxy) is 1. The van der Waals surface area contributed by atoms with E-state index in [0.29, 0.717) is 16.8 Å². The number of carbonyl (C=O) groups is 1. The number of imidazole rings is 1. The van der Waals surface area contributed by atoms with E-state index < -0.39 is 11.7 Å². The summed E-state index contributed by atoms with van der Waals surface area (Å²) in [6, 6.07) is 0. The standard InChI is InChI=1S/C12H17BrN2O2/c1-5-6-7-10-14-9(13)8-15(10)11(16)17-12(2,3)4/h5,8H,1,6-7H2,2-4H3. The fraction of sp³-hybridized carbons (Fsp3) is 0.500. The lowest BCUT2D eigenvalue weighted by molar-refractivity contribution is 0.0532. The first kappa shape index (κ1) is 14.0. The molecule has 0 radical (unpaired) electrons. The molecule has 0 fully saturated rings. The zero-order chi connectivity index (χ0) is 13.1. The SMILES string of the molecule is C=CCCc1nc(Br)cn1C(=O)OC(C)(C)C. The van der Waals surface area contributed by atoms with E-state index in [4.69, 9.17) is 4.74 Å². The third-order valence-corrected chi connectivity index (χ3v) is 2.29. The van der Waals surface area contributed by atoms with Crippen molar-refractivity contribution in [3.05, 3.63) is 29.3 Å². The van der Waals surface area contributed by atoms with Gasteiger partial charge in [-0.2, -0.15) is 0 Å². The number of aromatic nitrogens is 2. The molecule has 0 N–H and O–H groups in total. The van der Waals surface area contributed by atoms with Crippen molar-refractivity contribution >= 4 is 22.0 Å². The van der Waals surface area contributed by atoms with Gasteiger partial charge in [0.15, 0.2) is 0 Å². The minimum absolute atomic E-state index is 0.408. The molecule has 0 aromatic carbocycles. The highest BCUT2D eigenvalue weighted by atomic mass is 79.9. The summed E-state index contributed by atoms with van der Waals surface area (Å²) in [4.78, 5) is 16.1. The normalized spacial score (nSPS) is 11.3. The van der Waals surface area contributed by atoms with Crippen molar-refractivity contribution < 1.29 is 9.53 Å². The van der Waals surface area contributed by atoms with Crippen molar-refractivity contribution in [2.45, 2.75) is 39.2 Å². The Hall–Kier alpha value is -1.10. The fourth-order valence-electron chi connectivity index (χ4n) is 1.26. The monoisotopic (exact) mass is 300 g/mol. The van der Waals surface area contributed by atoms with Crippen LogP contribution in [0.4, 0.5) is 4.79 Å². The van der Waals surface area contributed by atoms with Crippen molar-refractivity contribution in [2.75, 3.05) is 0 Å². The summed E-state index contributed by atoms with van der Waals surface area (Å²) in [5.74, 6) is 0.672. The zero-order valence-corrected chi connectivity index (χ0v) is 12.0. The molecule has 1 heterocycles. The predicted octanol–water partition coefficient (Wildman–Crippen LogP) is 3.55. The summed E-state index contributed by atoms with van der Waals surface area (Å²) < 4.78 is 7.35. The summed E-state index contributed by atoms with van der Waals surface area (Å²) in [5, 5.41) is 0. The van der Waals surface area contributed by atoms with Gasteiger partial charge in [-0.3, -0.25) is 0 Å². The maximum atomic E-state index is 11.9. The predicted molar refractivity (Wildman–Crippen MR) is 70.1 cm³/mol. The van der Waals surface area contributed by atoms with E-state index in [1.807, 2.05) is 20.8 Å². The van der Waals surface area contributed by atoms with Crippen LogP contribution in [0.2, 0.25) is 0 Å². The molecule has 0 saturated carbocycles. The zero-order valence-electron chi connectivity index (χ0n) is 10.4. The summed E-state index contributed by atoms with van der Waals surface area (Å²) in [5.41, 5.74) is -0.510. The number of hydrogen-bond acceptors (Lipinski definition) is 3. The van der Waals surface area contributed by atoms with Crippen LogP contribution in [0.5, 0.6) is 0 Å². The molecule has 5 heteroatoms. The molecule has 17 heavy (non-hydrogen) atoms. The second-order valence-electron chi connectivity index (χ2n) is 4.66. The number of hydrogen-bond donors (Lipinski definition) is 0. The Labute approximate surface area is 110 Å². The third kappa shape index (κ3) is 4.34. The van der Waals surface area contributed by atoms with E-state index in [-0.39, 0.29) is 0 Å². The van der Waals surface area contributed by atoms with Crippen LogP contribution in [0.25, 0.3) is 0 Å². The minimum Gasteiger partial charge on any atom is -0.443 e. The van der Waals surface area contributed by atoms with Crippen molar-refractivity contribution in [1.82, 2.24) is 9.55 Å². The molecule has 1 aromatic rings. The number of halogens is 1. The molecule has 0 bridgehead atoms. The second-order valence-corrected chi connectivity index (χ2v) is 5.47. The Morgan fingerprint density at radius 2 is 2.29 bits per heavy atom. The molecule has 0 spiro atoms. The molecule has 0 atom stereocenters. The average Bonchev–Trinajstić information content (AvgIpc) is 2.54. The topological polar surface area (TPSA) is 44.1 Å². The van der Waals surface area contributed by atoms with Crippen LogP contribution in [-0.2, 0) is 11.2 Å². The van der Waals surface area contributed by atoms with Gasteiger partial charge >= 0.3 is 6.09 Å². The van der Waals surface area contributed by atoms with Crippen LogP contribution in [0, 0.1) is 0 Å². The Bertz CT molecular complexity index is 419. The third-order valence-electron chi connectivity index (χ3n) is 1.91. The highest BCUT2D eigenvalue weighted by Crippen LogP contribution is 2.15. The molecule has 0 saturated heterocycles. The maximum Gasteiger partial charge on any atom is 0.420 e. The number of allylic oxidation sites excluding steroid dienone is 1.